The topological polar surface area (TPSA) is 62.7 Å². The number of carbonyl (C=O) groups is 1. The van der Waals surface area contributed by atoms with Crippen molar-refractivity contribution in [3.05, 3.63) is 69.8 Å². The van der Waals surface area contributed by atoms with E-state index in [0.29, 0.717) is 11.2 Å². The molecule has 0 bridgehead atoms. The molecule has 0 radical (unpaired) electrons. The molecule has 0 aliphatic heterocycles. The van der Waals surface area contributed by atoms with E-state index < -0.39 is 0 Å². The summed E-state index contributed by atoms with van der Waals surface area (Å²) in [7, 11) is 0. The number of rotatable bonds is 4. The third kappa shape index (κ3) is 3.85. The lowest BCUT2D eigenvalue weighted by Gasteiger charge is -2.10. The summed E-state index contributed by atoms with van der Waals surface area (Å²) in [5.74, 6) is 0.724. The van der Waals surface area contributed by atoms with Crippen molar-refractivity contribution in [3.63, 3.8) is 0 Å². The van der Waals surface area contributed by atoms with Gasteiger partial charge >= 0.3 is 0 Å². The Balaban J connectivity index is 1.79. The number of anilines is 1. The minimum absolute atomic E-state index is 0.0432. The molecule has 3 aromatic rings. The lowest BCUT2D eigenvalue weighted by atomic mass is 10.0. The number of aromatic amines is 1. The van der Waals surface area contributed by atoms with Gasteiger partial charge < -0.3 is 5.32 Å². The van der Waals surface area contributed by atoms with Gasteiger partial charge in [0, 0.05) is 5.69 Å². The Hall–Kier alpha value is -2.73. The maximum atomic E-state index is 12.4. The van der Waals surface area contributed by atoms with Gasteiger partial charge in [-0.2, -0.15) is 5.10 Å². The van der Waals surface area contributed by atoms with Crippen LogP contribution in [0.15, 0.2) is 42.5 Å². The van der Waals surface area contributed by atoms with E-state index in [-0.39, 0.29) is 5.91 Å². The fourth-order valence-corrected chi connectivity index (χ4v) is 3.05. The number of aryl methyl sites for hydroxylation is 3. The molecule has 3 rings (SSSR count). The lowest BCUT2D eigenvalue weighted by molar-refractivity contribution is -0.115. The van der Waals surface area contributed by atoms with Gasteiger partial charge in [0.15, 0.2) is 4.77 Å². The molecule has 6 heteroatoms. The quantitative estimate of drug-likeness (QED) is 0.697. The summed E-state index contributed by atoms with van der Waals surface area (Å²) in [6, 6.07) is 13.7. The SMILES string of the molecule is Cc1ccc(C)c(CC(=O)Nc2cccc(-n3c(C)n[nH]c3=S)c2)c1. The zero-order valence-electron chi connectivity index (χ0n) is 14.5. The second-order valence-electron chi connectivity index (χ2n) is 6.12. The van der Waals surface area contributed by atoms with Crippen LogP contribution in [0.1, 0.15) is 22.5 Å². The molecule has 0 atom stereocenters. The van der Waals surface area contributed by atoms with Crippen LogP contribution in [-0.4, -0.2) is 20.7 Å². The monoisotopic (exact) mass is 352 g/mol. The van der Waals surface area contributed by atoms with Crippen molar-refractivity contribution in [2.24, 2.45) is 0 Å². The van der Waals surface area contributed by atoms with Crippen LogP contribution in [0.2, 0.25) is 0 Å². The second-order valence-corrected chi connectivity index (χ2v) is 6.50. The predicted molar refractivity (Wildman–Crippen MR) is 102 cm³/mol. The lowest BCUT2D eigenvalue weighted by Crippen LogP contribution is -2.15. The summed E-state index contributed by atoms with van der Waals surface area (Å²) in [4.78, 5) is 12.4. The summed E-state index contributed by atoms with van der Waals surface area (Å²) < 4.78 is 2.35. The van der Waals surface area contributed by atoms with Crippen LogP contribution in [0.25, 0.3) is 5.69 Å². The summed E-state index contributed by atoms with van der Waals surface area (Å²) in [6.45, 7) is 5.92. The van der Waals surface area contributed by atoms with Crippen molar-refractivity contribution in [2.45, 2.75) is 27.2 Å². The van der Waals surface area contributed by atoms with Gasteiger partial charge in [0.1, 0.15) is 5.82 Å². The number of nitrogens with one attached hydrogen (secondary N) is 2. The molecular formula is C19H20N4OS. The van der Waals surface area contributed by atoms with Crippen LogP contribution >= 0.6 is 12.2 Å². The zero-order valence-corrected chi connectivity index (χ0v) is 15.3. The zero-order chi connectivity index (χ0) is 18.0. The van der Waals surface area contributed by atoms with Gasteiger partial charge in [-0.15, -0.1) is 0 Å². The largest absolute Gasteiger partial charge is 0.326 e. The van der Waals surface area contributed by atoms with Crippen molar-refractivity contribution < 1.29 is 4.79 Å². The summed E-state index contributed by atoms with van der Waals surface area (Å²) in [5, 5.41) is 9.85. The highest BCUT2D eigenvalue weighted by molar-refractivity contribution is 7.71. The smallest absolute Gasteiger partial charge is 0.228 e. The van der Waals surface area contributed by atoms with Crippen molar-refractivity contribution in [2.75, 3.05) is 5.32 Å². The summed E-state index contributed by atoms with van der Waals surface area (Å²) >= 11 is 5.26. The molecule has 1 amide bonds. The molecule has 0 saturated carbocycles. The molecule has 1 heterocycles. The number of hydrogen-bond donors (Lipinski definition) is 2. The first-order valence-corrected chi connectivity index (χ1v) is 8.45. The first kappa shape index (κ1) is 17.1. The number of amides is 1. The standard InChI is InChI=1S/C19H20N4OS/c1-12-7-8-13(2)15(9-12)10-18(24)20-16-5-4-6-17(11-16)23-14(3)21-22-19(23)25/h4-9,11H,10H2,1-3H3,(H,20,24)(H,22,25). The van der Waals surface area contributed by atoms with Gasteiger partial charge in [-0.3, -0.25) is 14.5 Å². The highest BCUT2D eigenvalue weighted by atomic mass is 32.1. The molecule has 0 aliphatic carbocycles. The fourth-order valence-electron chi connectivity index (χ4n) is 2.77. The second kappa shape index (κ2) is 7.03. The molecule has 0 spiro atoms. The third-order valence-corrected chi connectivity index (χ3v) is 4.36. The summed E-state index contributed by atoms with van der Waals surface area (Å²) in [6.07, 6.45) is 0.349. The van der Waals surface area contributed by atoms with Crippen LogP contribution in [0.3, 0.4) is 0 Å². The van der Waals surface area contributed by atoms with Crippen LogP contribution in [0, 0.1) is 25.5 Å². The predicted octanol–water partition coefficient (Wildman–Crippen LogP) is 4.04. The molecule has 25 heavy (non-hydrogen) atoms. The number of aromatic nitrogens is 3. The molecule has 2 aromatic carbocycles. The van der Waals surface area contributed by atoms with E-state index in [9.17, 15) is 4.79 Å². The molecular weight excluding hydrogens is 332 g/mol. The number of hydrogen-bond acceptors (Lipinski definition) is 3. The highest BCUT2D eigenvalue weighted by Gasteiger charge is 2.09. The first-order valence-electron chi connectivity index (χ1n) is 8.04. The first-order chi connectivity index (χ1) is 11.9. The molecule has 128 valence electrons. The molecule has 0 fully saturated rings. The third-order valence-electron chi connectivity index (χ3n) is 4.08. The Morgan fingerprint density at radius 1 is 1.20 bits per heavy atom. The Bertz CT molecular complexity index is 987. The normalized spacial score (nSPS) is 10.7. The van der Waals surface area contributed by atoms with E-state index in [1.165, 1.54) is 0 Å². The number of benzene rings is 2. The fraction of sp³-hybridized carbons (Fsp3) is 0.211. The Morgan fingerprint density at radius 2 is 2.00 bits per heavy atom. The van der Waals surface area contributed by atoms with E-state index in [2.05, 4.69) is 27.6 Å². The maximum Gasteiger partial charge on any atom is 0.228 e. The number of H-pyrrole nitrogens is 1. The minimum Gasteiger partial charge on any atom is -0.326 e. The van der Waals surface area contributed by atoms with Gasteiger partial charge in [-0.1, -0.05) is 29.8 Å². The van der Waals surface area contributed by atoms with Crippen molar-refractivity contribution in [3.8, 4) is 5.69 Å². The van der Waals surface area contributed by atoms with E-state index in [4.69, 9.17) is 12.2 Å². The molecule has 5 nitrogen and oxygen atoms in total. The van der Waals surface area contributed by atoms with Gasteiger partial charge in [0.25, 0.3) is 0 Å². The Kier molecular flexibility index (Phi) is 4.81. The molecule has 1 aromatic heterocycles. The van der Waals surface area contributed by atoms with Crippen LogP contribution in [0.5, 0.6) is 0 Å². The Morgan fingerprint density at radius 3 is 2.72 bits per heavy atom. The number of carbonyl (C=O) groups excluding carboxylic acids is 1. The van der Waals surface area contributed by atoms with Gasteiger partial charge in [-0.05, 0) is 62.3 Å². The van der Waals surface area contributed by atoms with Crippen molar-refractivity contribution in [1.29, 1.82) is 0 Å². The average Bonchev–Trinajstić information content (AvgIpc) is 2.90. The van der Waals surface area contributed by atoms with Crippen molar-refractivity contribution >= 4 is 23.8 Å². The molecule has 2 N–H and O–H groups in total. The highest BCUT2D eigenvalue weighted by Crippen LogP contribution is 2.17. The van der Waals surface area contributed by atoms with E-state index in [1.54, 1.807) is 0 Å². The van der Waals surface area contributed by atoms with Gasteiger partial charge in [0.2, 0.25) is 5.91 Å². The minimum atomic E-state index is -0.0432. The van der Waals surface area contributed by atoms with E-state index in [0.717, 1.165) is 33.9 Å². The maximum absolute atomic E-state index is 12.4. The van der Waals surface area contributed by atoms with Crippen molar-refractivity contribution in [1.82, 2.24) is 14.8 Å². The number of nitrogens with zero attached hydrogens (tertiary/aromatic N) is 2. The van der Waals surface area contributed by atoms with Crippen LogP contribution in [0.4, 0.5) is 5.69 Å². The van der Waals surface area contributed by atoms with Gasteiger partial charge in [0.05, 0.1) is 12.1 Å². The van der Waals surface area contributed by atoms with E-state index in [1.807, 2.05) is 55.7 Å². The molecule has 0 unspecified atom stereocenters. The van der Waals surface area contributed by atoms with Crippen LogP contribution in [-0.2, 0) is 11.2 Å². The molecule has 0 saturated heterocycles. The Labute approximate surface area is 151 Å². The van der Waals surface area contributed by atoms with Gasteiger partial charge in [-0.25, -0.2) is 0 Å². The molecule has 0 aliphatic rings. The summed E-state index contributed by atoms with van der Waals surface area (Å²) in [5.41, 5.74) is 4.91. The van der Waals surface area contributed by atoms with Crippen LogP contribution < -0.4 is 5.32 Å². The van der Waals surface area contributed by atoms with E-state index >= 15 is 0 Å². The average molecular weight is 352 g/mol.